The van der Waals surface area contributed by atoms with E-state index in [1.54, 1.807) is 18.6 Å². The lowest BCUT2D eigenvalue weighted by molar-refractivity contribution is -0.387. The lowest BCUT2D eigenvalue weighted by atomic mass is 9.96. The lowest BCUT2D eigenvalue weighted by Crippen LogP contribution is -2.00. The molecule has 1 aromatic carbocycles. The second-order valence-electron chi connectivity index (χ2n) is 12.1. The van der Waals surface area contributed by atoms with Crippen LogP contribution in [-0.2, 0) is 0 Å². The molecule has 8 bridgehead atoms. The molecule has 0 amide bonds. The van der Waals surface area contributed by atoms with E-state index in [0.29, 0.717) is 62.0 Å². The first-order chi connectivity index (χ1) is 25.5. The summed E-state index contributed by atoms with van der Waals surface area (Å²) in [6.45, 7) is 0. The summed E-state index contributed by atoms with van der Waals surface area (Å²) < 4.78 is 17.0. The van der Waals surface area contributed by atoms with Crippen LogP contribution in [0, 0.1) is 15.9 Å². The molecule has 11 heteroatoms. The van der Waals surface area contributed by atoms with Gasteiger partial charge in [0.05, 0.1) is 50.1 Å². The summed E-state index contributed by atoms with van der Waals surface area (Å²) in [4.78, 5) is 39.4. The Morgan fingerprint density at radius 1 is 0.635 bits per heavy atom. The maximum absolute atomic E-state index is 15.0. The number of rotatable bonds is 5. The molecule has 6 aromatic heterocycles. The van der Waals surface area contributed by atoms with Gasteiger partial charge in [0, 0.05) is 52.4 Å². The molecule has 0 atom stereocenters. The average Bonchev–Trinajstić information content (AvgIpc) is 3.98. The monoisotopic (exact) mass is 680 g/mol. The smallest absolute Gasteiger partial charge is 0.305 e. The number of aromatic amines is 1. The highest BCUT2D eigenvalue weighted by Crippen LogP contribution is 2.46. The van der Waals surface area contributed by atoms with Gasteiger partial charge in [-0.15, -0.1) is 0 Å². The van der Waals surface area contributed by atoms with Crippen LogP contribution in [0.5, 0.6) is 0 Å². The zero-order valence-corrected chi connectivity index (χ0v) is 27.2. The Labute approximate surface area is 295 Å². The molecule has 0 saturated carbocycles. The molecule has 0 spiro atoms. The Hall–Kier alpha value is -7.40. The topological polar surface area (TPSA) is 128 Å². The van der Waals surface area contributed by atoms with E-state index in [0.717, 1.165) is 28.4 Å². The van der Waals surface area contributed by atoms with E-state index < -0.39 is 16.4 Å². The minimum Gasteiger partial charge on any atom is -0.355 e. The number of hydrogen-bond donors (Lipinski definition) is 1. The van der Waals surface area contributed by atoms with Crippen LogP contribution < -0.4 is 0 Å². The quantitative estimate of drug-likeness (QED) is 0.142. The van der Waals surface area contributed by atoms with Crippen molar-refractivity contribution in [3.63, 3.8) is 0 Å². The number of nitro groups is 1. The summed E-state index contributed by atoms with van der Waals surface area (Å²) in [6.07, 6.45) is 12.8. The van der Waals surface area contributed by atoms with Gasteiger partial charge in [-0.25, -0.2) is 15.0 Å². The van der Waals surface area contributed by atoms with Gasteiger partial charge in [-0.1, -0.05) is 24.3 Å². The third-order valence-electron chi connectivity index (χ3n) is 8.82. The fourth-order valence-electron chi connectivity index (χ4n) is 6.64. The van der Waals surface area contributed by atoms with Gasteiger partial charge in [-0.05, 0) is 103 Å². The molecule has 7 aromatic rings. The first kappa shape index (κ1) is 30.6. The van der Waals surface area contributed by atoms with Crippen molar-refractivity contribution < 1.29 is 9.31 Å². The molecule has 248 valence electrons. The molecule has 10 nitrogen and oxygen atoms in total. The van der Waals surface area contributed by atoms with Crippen molar-refractivity contribution in [2.45, 2.75) is 0 Å². The molecule has 0 saturated heterocycles. The number of halogens is 1. The number of benzene rings is 1. The fraction of sp³-hybridized carbons (Fsp3) is 0. The van der Waals surface area contributed by atoms with Gasteiger partial charge in [0.2, 0.25) is 5.82 Å². The second kappa shape index (κ2) is 12.5. The van der Waals surface area contributed by atoms with Gasteiger partial charge in [0.15, 0.2) is 0 Å². The van der Waals surface area contributed by atoms with Crippen molar-refractivity contribution in [3.8, 4) is 39.5 Å². The van der Waals surface area contributed by atoms with Crippen molar-refractivity contribution >= 4 is 52.1 Å². The van der Waals surface area contributed by atoms with E-state index in [2.05, 4.69) is 4.98 Å². The highest BCUT2D eigenvalue weighted by molar-refractivity contribution is 6.09. The van der Waals surface area contributed by atoms with Crippen LogP contribution in [0.1, 0.15) is 22.8 Å². The van der Waals surface area contributed by atoms with Gasteiger partial charge >= 0.3 is 5.69 Å². The predicted molar refractivity (Wildman–Crippen MR) is 200 cm³/mol. The van der Waals surface area contributed by atoms with E-state index in [9.17, 15) is 10.1 Å². The van der Waals surface area contributed by atoms with Crippen LogP contribution in [0.3, 0.4) is 0 Å². The summed E-state index contributed by atoms with van der Waals surface area (Å²) in [5.74, 6) is -0.398. The number of nitro benzene ring substituents is 1. The summed E-state index contributed by atoms with van der Waals surface area (Å²) in [5.41, 5.74) is 8.37. The Balaban J connectivity index is 1.61. The third kappa shape index (κ3) is 5.42. The maximum Gasteiger partial charge on any atom is 0.305 e. The molecule has 0 fully saturated rings. The van der Waals surface area contributed by atoms with Crippen LogP contribution in [0.15, 0.2) is 122 Å². The van der Waals surface area contributed by atoms with Gasteiger partial charge in [-0.3, -0.25) is 24.6 Å². The standard InChI is InChI=1S/C41H25FN8O2/c42-31-16-10-25(21-35(31)50(51)52)38-34-17-15-29(48-34)23-28-12-11-26(46-28)22-27-13-14-30(47-27)24-36-39(32-7-1-4-18-43-32)40(33-8-2-5-19-44-33)41(38)49(36)37-9-3-6-20-45-37/h1-24,46H. The number of nitrogens with one attached hydrogen (secondary N) is 1. The number of pyridine rings is 3. The molecule has 0 aliphatic carbocycles. The summed E-state index contributed by atoms with van der Waals surface area (Å²) >= 11 is 0. The zero-order chi connectivity index (χ0) is 35.2. The van der Waals surface area contributed by atoms with E-state index in [4.69, 9.17) is 24.9 Å². The number of hydrogen-bond acceptors (Lipinski definition) is 7. The SMILES string of the molecule is O=[N+]([O-])c1cc(-c2c3nc(cc4ccc(cc5nc(cc6c(-c7ccccn7)c(-c7ccccn7)c2n6-c2ccccn2)C=C5)[nH]4)C=C3)ccc1F. The van der Waals surface area contributed by atoms with Crippen LogP contribution in [0.4, 0.5) is 10.1 Å². The van der Waals surface area contributed by atoms with Gasteiger partial charge in [-0.2, -0.15) is 4.39 Å². The molecule has 2 aliphatic rings. The van der Waals surface area contributed by atoms with Crippen LogP contribution in [0.25, 0.3) is 85.8 Å². The van der Waals surface area contributed by atoms with Crippen molar-refractivity contribution in [1.82, 2.24) is 34.5 Å². The summed E-state index contributed by atoms with van der Waals surface area (Å²) in [7, 11) is 0. The van der Waals surface area contributed by atoms with E-state index in [-0.39, 0.29) is 0 Å². The molecular weight excluding hydrogens is 656 g/mol. The van der Waals surface area contributed by atoms with Crippen molar-refractivity contribution in [1.29, 1.82) is 0 Å². The summed E-state index contributed by atoms with van der Waals surface area (Å²) in [5, 5.41) is 12.2. The normalized spacial score (nSPS) is 11.9. The van der Waals surface area contributed by atoms with Crippen molar-refractivity contribution in [2.75, 3.05) is 0 Å². The first-order valence-corrected chi connectivity index (χ1v) is 16.4. The van der Waals surface area contributed by atoms with Crippen LogP contribution >= 0.6 is 0 Å². The maximum atomic E-state index is 15.0. The Bertz CT molecular complexity index is 2780. The number of aromatic nitrogens is 7. The minimum absolute atomic E-state index is 0.371. The van der Waals surface area contributed by atoms with E-state index in [1.165, 1.54) is 12.1 Å². The van der Waals surface area contributed by atoms with E-state index in [1.807, 2.05) is 114 Å². The Kier molecular flexibility index (Phi) is 7.36. The fourth-order valence-corrected chi connectivity index (χ4v) is 6.64. The second-order valence-corrected chi connectivity index (χ2v) is 12.1. The average molecular weight is 681 g/mol. The van der Waals surface area contributed by atoms with Crippen molar-refractivity contribution in [3.05, 3.63) is 160 Å². The molecule has 1 N–H and O–H groups in total. The molecule has 9 rings (SSSR count). The van der Waals surface area contributed by atoms with E-state index >= 15 is 4.39 Å². The largest absolute Gasteiger partial charge is 0.355 e. The Morgan fingerprint density at radius 2 is 1.27 bits per heavy atom. The molecule has 0 unspecified atom stereocenters. The van der Waals surface area contributed by atoms with Gasteiger partial charge in [0.25, 0.3) is 0 Å². The first-order valence-electron chi connectivity index (χ1n) is 16.4. The molecule has 8 heterocycles. The summed E-state index contributed by atoms with van der Waals surface area (Å²) in [6, 6.07) is 30.6. The predicted octanol–water partition coefficient (Wildman–Crippen LogP) is 9.35. The third-order valence-corrected chi connectivity index (χ3v) is 8.82. The van der Waals surface area contributed by atoms with Gasteiger partial charge < -0.3 is 4.98 Å². The highest BCUT2D eigenvalue weighted by Gasteiger charge is 2.28. The molecular formula is C41H25FN8O2. The van der Waals surface area contributed by atoms with Crippen LogP contribution in [-0.4, -0.2) is 39.4 Å². The van der Waals surface area contributed by atoms with Crippen molar-refractivity contribution in [2.24, 2.45) is 0 Å². The molecule has 2 aliphatic heterocycles. The highest BCUT2D eigenvalue weighted by atomic mass is 19.1. The van der Waals surface area contributed by atoms with Crippen LogP contribution in [0.2, 0.25) is 0 Å². The lowest BCUT2D eigenvalue weighted by Gasteiger charge is -2.12. The zero-order valence-electron chi connectivity index (χ0n) is 27.2. The minimum atomic E-state index is -0.947. The number of nitrogens with zero attached hydrogens (tertiary/aromatic N) is 7. The Morgan fingerprint density at radius 3 is 1.92 bits per heavy atom. The number of H-pyrrole nitrogens is 1. The van der Waals surface area contributed by atoms with Gasteiger partial charge in [0.1, 0.15) is 5.82 Å². The molecule has 52 heavy (non-hydrogen) atoms. The molecule has 0 radical (unpaired) electrons. The number of fused-ring (bicyclic) bond motifs is 8.